The number of hydrogen-bond donors (Lipinski definition) is 1. The number of rotatable bonds is 2. The van der Waals surface area contributed by atoms with Crippen molar-refractivity contribution in [2.45, 2.75) is 37.1 Å². The van der Waals surface area contributed by atoms with E-state index in [1.54, 1.807) is 11.1 Å². The lowest BCUT2D eigenvalue weighted by molar-refractivity contribution is 0.442. The van der Waals surface area contributed by atoms with E-state index in [1.807, 2.05) is 0 Å². The van der Waals surface area contributed by atoms with Gasteiger partial charge in [-0.3, -0.25) is 0 Å². The minimum Gasteiger partial charge on any atom is -0.314 e. The lowest BCUT2D eigenvalue weighted by Crippen LogP contribution is -2.33. The molecule has 0 radical (unpaired) electrons. The zero-order valence-electron chi connectivity index (χ0n) is 8.72. The second kappa shape index (κ2) is 2.83. The predicted molar refractivity (Wildman–Crippen MR) is 58.5 cm³/mol. The Balaban J connectivity index is 1.98. The molecular formula is C13H17N. The van der Waals surface area contributed by atoms with Crippen LogP contribution in [0.4, 0.5) is 0 Å². The molecule has 2 aliphatic rings. The summed E-state index contributed by atoms with van der Waals surface area (Å²) >= 11 is 0. The van der Waals surface area contributed by atoms with E-state index in [9.17, 15) is 0 Å². The van der Waals surface area contributed by atoms with Gasteiger partial charge in [-0.1, -0.05) is 24.3 Å². The second-order valence-electron chi connectivity index (χ2n) is 4.70. The van der Waals surface area contributed by atoms with E-state index in [1.165, 1.54) is 25.7 Å². The first kappa shape index (κ1) is 8.49. The molecule has 1 fully saturated rings. The molecular weight excluding hydrogens is 170 g/mol. The molecule has 1 aromatic carbocycles. The van der Waals surface area contributed by atoms with Gasteiger partial charge in [0.2, 0.25) is 0 Å². The average Bonchev–Trinajstić information content (AvgIpc) is 2.91. The van der Waals surface area contributed by atoms with Crippen LogP contribution in [-0.4, -0.2) is 12.6 Å². The number of hydrogen-bond acceptors (Lipinski definition) is 1. The molecule has 1 nitrogen and oxygen atoms in total. The number of likely N-dealkylation sites (N-methyl/N-ethyl adjacent to an activating group) is 1. The average molecular weight is 187 g/mol. The van der Waals surface area contributed by atoms with Crippen molar-refractivity contribution in [1.82, 2.24) is 5.32 Å². The van der Waals surface area contributed by atoms with Gasteiger partial charge in [-0.2, -0.15) is 0 Å². The summed E-state index contributed by atoms with van der Waals surface area (Å²) in [5.74, 6) is 0.781. The van der Waals surface area contributed by atoms with Crippen molar-refractivity contribution >= 4 is 0 Å². The number of nitrogens with one attached hydrogen (secondary N) is 1. The van der Waals surface area contributed by atoms with Crippen LogP contribution in [0, 0.1) is 0 Å². The lowest BCUT2D eigenvalue weighted by atomic mass is 9.91. The topological polar surface area (TPSA) is 12.0 Å². The van der Waals surface area contributed by atoms with Crippen molar-refractivity contribution in [3.8, 4) is 0 Å². The summed E-state index contributed by atoms with van der Waals surface area (Å²) in [7, 11) is 2.12. The third-order valence-corrected chi connectivity index (χ3v) is 4.09. The number of aryl methyl sites for hydroxylation is 1. The Kier molecular flexibility index (Phi) is 1.72. The van der Waals surface area contributed by atoms with E-state index in [0.29, 0.717) is 5.54 Å². The Hall–Kier alpha value is -0.820. The molecule has 14 heavy (non-hydrogen) atoms. The molecule has 0 spiro atoms. The van der Waals surface area contributed by atoms with Crippen molar-refractivity contribution in [3.63, 3.8) is 0 Å². The SMILES string of the molecule is CNC1(C2CCc3ccccc32)CC1. The molecule has 1 N–H and O–H groups in total. The van der Waals surface area contributed by atoms with Gasteiger partial charge in [-0.15, -0.1) is 0 Å². The third-order valence-electron chi connectivity index (χ3n) is 4.09. The zero-order valence-corrected chi connectivity index (χ0v) is 8.72. The fourth-order valence-electron chi connectivity index (χ4n) is 3.04. The molecule has 0 amide bonds. The predicted octanol–water partition coefficient (Wildman–Crippen LogP) is 2.47. The van der Waals surface area contributed by atoms with Crippen LogP contribution in [0.3, 0.4) is 0 Å². The minimum absolute atomic E-state index is 0.465. The summed E-state index contributed by atoms with van der Waals surface area (Å²) in [6.07, 6.45) is 5.36. The van der Waals surface area contributed by atoms with Crippen LogP contribution in [0.15, 0.2) is 24.3 Å². The van der Waals surface area contributed by atoms with Crippen LogP contribution in [0.25, 0.3) is 0 Å². The van der Waals surface area contributed by atoms with Gasteiger partial charge >= 0.3 is 0 Å². The maximum absolute atomic E-state index is 3.54. The highest BCUT2D eigenvalue weighted by Crippen LogP contribution is 2.52. The van der Waals surface area contributed by atoms with Gasteiger partial charge in [-0.05, 0) is 43.9 Å². The Labute approximate surface area is 85.5 Å². The zero-order chi connectivity index (χ0) is 9.60. The van der Waals surface area contributed by atoms with Crippen molar-refractivity contribution in [3.05, 3.63) is 35.4 Å². The minimum atomic E-state index is 0.465. The highest BCUT2D eigenvalue weighted by atomic mass is 15.0. The Morgan fingerprint density at radius 2 is 2.07 bits per heavy atom. The normalized spacial score (nSPS) is 27.4. The first-order valence-corrected chi connectivity index (χ1v) is 5.62. The molecule has 0 aromatic heterocycles. The van der Waals surface area contributed by atoms with Crippen LogP contribution < -0.4 is 5.32 Å². The summed E-state index contributed by atoms with van der Waals surface area (Å²) in [4.78, 5) is 0. The summed E-state index contributed by atoms with van der Waals surface area (Å²) in [5.41, 5.74) is 3.66. The van der Waals surface area contributed by atoms with E-state index in [0.717, 1.165) is 5.92 Å². The van der Waals surface area contributed by atoms with Crippen LogP contribution in [0.1, 0.15) is 36.3 Å². The Bertz CT molecular complexity index is 352. The molecule has 1 atom stereocenters. The first-order chi connectivity index (χ1) is 6.86. The quantitative estimate of drug-likeness (QED) is 0.750. The fourth-order valence-corrected chi connectivity index (χ4v) is 3.04. The summed E-state index contributed by atoms with van der Waals surface area (Å²) < 4.78 is 0. The second-order valence-corrected chi connectivity index (χ2v) is 4.70. The van der Waals surface area contributed by atoms with Crippen molar-refractivity contribution in [2.75, 3.05) is 7.05 Å². The first-order valence-electron chi connectivity index (χ1n) is 5.62. The largest absolute Gasteiger partial charge is 0.314 e. The van der Waals surface area contributed by atoms with E-state index >= 15 is 0 Å². The Morgan fingerprint density at radius 3 is 2.79 bits per heavy atom. The van der Waals surface area contributed by atoms with Gasteiger partial charge in [0.25, 0.3) is 0 Å². The fraction of sp³-hybridized carbons (Fsp3) is 0.538. The van der Waals surface area contributed by atoms with Gasteiger partial charge in [0.15, 0.2) is 0 Å². The van der Waals surface area contributed by atoms with Crippen LogP contribution in [0.5, 0.6) is 0 Å². The van der Waals surface area contributed by atoms with Crippen molar-refractivity contribution in [1.29, 1.82) is 0 Å². The maximum atomic E-state index is 3.54. The van der Waals surface area contributed by atoms with Crippen molar-refractivity contribution in [2.24, 2.45) is 0 Å². The van der Waals surface area contributed by atoms with Gasteiger partial charge in [0, 0.05) is 11.5 Å². The molecule has 0 saturated heterocycles. The molecule has 2 aliphatic carbocycles. The molecule has 1 heteroatoms. The summed E-state index contributed by atoms with van der Waals surface area (Å²) in [6.45, 7) is 0. The molecule has 74 valence electrons. The van der Waals surface area contributed by atoms with E-state index < -0.39 is 0 Å². The van der Waals surface area contributed by atoms with Crippen molar-refractivity contribution < 1.29 is 0 Å². The van der Waals surface area contributed by atoms with Crippen LogP contribution in [-0.2, 0) is 6.42 Å². The van der Waals surface area contributed by atoms with E-state index in [-0.39, 0.29) is 0 Å². The molecule has 0 heterocycles. The molecule has 3 rings (SSSR count). The Morgan fingerprint density at radius 1 is 1.29 bits per heavy atom. The smallest absolute Gasteiger partial charge is 0.0248 e. The highest BCUT2D eigenvalue weighted by Gasteiger charge is 2.50. The number of benzene rings is 1. The number of fused-ring (bicyclic) bond motifs is 1. The van der Waals surface area contributed by atoms with E-state index in [4.69, 9.17) is 0 Å². The monoisotopic (exact) mass is 187 g/mol. The molecule has 0 aliphatic heterocycles. The molecule has 1 unspecified atom stereocenters. The van der Waals surface area contributed by atoms with Crippen LogP contribution >= 0.6 is 0 Å². The lowest BCUT2D eigenvalue weighted by Gasteiger charge is -2.23. The molecule has 1 saturated carbocycles. The van der Waals surface area contributed by atoms with Gasteiger partial charge in [0.1, 0.15) is 0 Å². The molecule has 1 aromatic rings. The standard InChI is InChI=1S/C13H17N/c1-14-13(8-9-13)12-7-6-10-4-2-3-5-11(10)12/h2-5,12,14H,6-9H2,1H3. The third kappa shape index (κ3) is 1.05. The van der Waals surface area contributed by atoms with E-state index in [2.05, 4.69) is 36.6 Å². The van der Waals surface area contributed by atoms with Gasteiger partial charge in [-0.25, -0.2) is 0 Å². The maximum Gasteiger partial charge on any atom is 0.0248 e. The highest BCUT2D eigenvalue weighted by molar-refractivity contribution is 5.39. The summed E-state index contributed by atoms with van der Waals surface area (Å²) in [5, 5.41) is 3.54. The summed E-state index contributed by atoms with van der Waals surface area (Å²) in [6, 6.07) is 8.97. The van der Waals surface area contributed by atoms with Gasteiger partial charge < -0.3 is 5.32 Å². The molecule has 0 bridgehead atoms. The van der Waals surface area contributed by atoms with Crippen LogP contribution in [0.2, 0.25) is 0 Å². The van der Waals surface area contributed by atoms with Gasteiger partial charge in [0.05, 0.1) is 0 Å².